The summed E-state index contributed by atoms with van der Waals surface area (Å²) in [5.41, 5.74) is 0.814. The molecule has 1 aromatic rings. The topological polar surface area (TPSA) is 113 Å². The van der Waals surface area contributed by atoms with Gasteiger partial charge in [0.2, 0.25) is 10.0 Å². The smallest absolute Gasteiger partial charge is 0.258 e. The zero-order valence-electron chi connectivity index (χ0n) is 11.4. The van der Waals surface area contributed by atoms with E-state index in [1.54, 1.807) is 13.8 Å². The molecule has 0 aliphatic heterocycles. The fourth-order valence-electron chi connectivity index (χ4n) is 1.64. The number of nitrogens with one attached hydrogen (secondary N) is 1. The van der Waals surface area contributed by atoms with Gasteiger partial charge in [0.1, 0.15) is 0 Å². The van der Waals surface area contributed by atoms with Gasteiger partial charge >= 0.3 is 0 Å². The van der Waals surface area contributed by atoms with Gasteiger partial charge in [-0.15, -0.1) is 0 Å². The van der Waals surface area contributed by atoms with Gasteiger partial charge in [0, 0.05) is 12.1 Å². The van der Waals surface area contributed by atoms with E-state index in [4.69, 9.17) is 5.26 Å². The normalized spacial score (nSPS) is 12.7. The molecule has 0 saturated heterocycles. The van der Waals surface area contributed by atoms with Crippen molar-refractivity contribution in [1.29, 1.82) is 5.26 Å². The van der Waals surface area contributed by atoms with Crippen molar-refractivity contribution in [2.75, 3.05) is 0 Å². The van der Waals surface area contributed by atoms with Gasteiger partial charge in [-0.05, 0) is 38.0 Å². The first kappa shape index (κ1) is 16.1. The Hall–Kier alpha value is -1.98. The average molecular weight is 297 g/mol. The van der Waals surface area contributed by atoms with Crippen LogP contribution in [0.2, 0.25) is 0 Å². The second kappa shape index (κ2) is 5.98. The fourth-order valence-corrected chi connectivity index (χ4v) is 3.12. The molecule has 0 saturated carbocycles. The lowest BCUT2D eigenvalue weighted by Crippen LogP contribution is -2.32. The maximum Gasteiger partial charge on any atom is 0.289 e. The predicted molar refractivity (Wildman–Crippen MR) is 72.6 cm³/mol. The largest absolute Gasteiger partial charge is 0.289 e. The van der Waals surface area contributed by atoms with Crippen LogP contribution in [0.15, 0.2) is 17.0 Å². The molecule has 0 aromatic heterocycles. The Bertz CT molecular complexity index is 677. The van der Waals surface area contributed by atoms with Crippen LogP contribution in [-0.2, 0) is 10.0 Å². The van der Waals surface area contributed by atoms with Crippen molar-refractivity contribution >= 4 is 15.7 Å². The van der Waals surface area contributed by atoms with E-state index >= 15 is 0 Å². The minimum atomic E-state index is -4.04. The maximum absolute atomic E-state index is 12.2. The molecule has 0 aliphatic rings. The minimum absolute atomic E-state index is 0.0160. The number of nitro benzene ring substituents is 1. The number of benzene rings is 1. The SMILES string of the molecule is Cc1cc([N+](=O)[O-])c(S(=O)(=O)NC(C)CC#N)cc1C. The predicted octanol–water partition coefficient (Wildman–Crippen LogP) is 1.79. The zero-order chi connectivity index (χ0) is 15.5. The quantitative estimate of drug-likeness (QED) is 0.657. The summed E-state index contributed by atoms with van der Waals surface area (Å²) in [4.78, 5) is 9.90. The molecule has 20 heavy (non-hydrogen) atoms. The molecule has 0 bridgehead atoms. The molecule has 1 unspecified atom stereocenters. The Morgan fingerprint density at radius 1 is 1.40 bits per heavy atom. The molecular formula is C12H15N3O4S. The Morgan fingerprint density at radius 3 is 2.45 bits per heavy atom. The Balaban J connectivity index is 3.34. The highest BCUT2D eigenvalue weighted by molar-refractivity contribution is 7.89. The van der Waals surface area contributed by atoms with E-state index in [2.05, 4.69) is 4.72 Å². The van der Waals surface area contributed by atoms with Crippen LogP contribution in [0.5, 0.6) is 0 Å². The Labute approximate surface area is 117 Å². The van der Waals surface area contributed by atoms with E-state index in [-0.39, 0.29) is 11.3 Å². The van der Waals surface area contributed by atoms with E-state index in [0.29, 0.717) is 11.1 Å². The van der Waals surface area contributed by atoms with Crippen molar-refractivity contribution in [3.63, 3.8) is 0 Å². The third kappa shape index (κ3) is 3.53. The molecule has 1 rings (SSSR count). The van der Waals surface area contributed by atoms with Crippen LogP contribution in [0.1, 0.15) is 24.5 Å². The third-order valence-corrected chi connectivity index (χ3v) is 4.43. The van der Waals surface area contributed by atoms with Gasteiger partial charge in [-0.3, -0.25) is 10.1 Å². The second-order valence-corrected chi connectivity index (χ2v) is 6.23. The van der Waals surface area contributed by atoms with E-state index in [0.717, 1.165) is 0 Å². The molecule has 0 spiro atoms. The summed E-state index contributed by atoms with van der Waals surface area (Å²) in [5, 5.41) is 19.5. The van der Waals surface area contributed by atoms with Crippen LogP contribution in [0.3, 0.4) is 0 Å². The first-order valence-corrected chi connectivity index (χ1v) is 7.32. The molecule has 1 aromatic carbocycles. The molecule has 0 amide bonds. The van der Waals surface area contributed by atoms with Crippen molar-refractivity contribution in [3.8, 4) is 6.07 Å². The lowest BCUT2D eigenvalue weighted by Gasteiger charge is -2.12. The molecule has 1 atom stereocenters. The van der Waals surface area contributed by atoms with Crippen molar-refractivity contribution < 1.29 is 13.3 Å². The van der Waals surface area contributed by atoms with Crippen molar-refractivity contribution in [1.82, 2.24) is 4.72 Å². The van der Waals surface area contributed by atoms with Crippen LogP contribution in [-0.4, -0.2) is 19.4 Å². The number of hydrogen-bond donors (Lipinski definition) is 1. The highest BCUT2D eigenvalue weighted by atomic mass is 32.2. The van der Waals surface area contributed by atoms with Gasteiger partial charge in [-0.1, -0.05) is 0 Å². The Kier molecular flexibility index (Phi) is 4.81. The molecule has 1 N–H and O–H groups in total. The number of nitrogens with zero attached hydrogens (tertiary/aromatic N) is 2. The maximum atomic E-state index is 12.2. The highest BCUT2D eigenvalue weighted by Crippen LogP contribution is 2.27. The summed E-state index contributed by atoms with van der Waals surface area (Å²) in [7, 11) is -4.04. The number of aryl methyl sites for hydroxylation is 2. The highest BCUT2D eigenvalue weighted by Gasteiger charge is 2.27. The fraction of sp³-hybridized carbons (Fsp3) is 0.417. The summed E-state index contributed by atoms with van der Waals surface area (Å²) in [5.74, 6) is 0. The second-order valence-electron chi connectivity index (χ2n) is 4.55. The van der Waals surface area contributed by atoms with Crippen molar-refractivity contribution in [3.05, 3.63) is 33.4 Å². The van der Waals surface area contributed by atoms with Crippen molar-refractivity contribution in [2.24, 2.45) is 0 Å². The molecule has 0 radical (unpaired) electrons. The molecule has 0 fully saturated rings. The standard InChI is InChI=1S/C12H15N3O4S/c1-8-6-11(15(16)17)12(7-9(8)2)20(18,19)14-10(3)4-5-13/h6-7,10,14H,4H2,1-3H3. The molecule has 8 heteroatoms. The lowest BCUT2D eigenvalue weighted by molar-refractivity contribution is -0.387. The number of sulfonamides is 1. The van der Waals surface area contributed by atoms with E-state index in [1.165, 1.54) is 19.1 Å². The number of rotatable bonds is 5. The van der Waals surface area contributed by atoms with Gasteiger partial charge in [0.15, 0.2) is 4.90 Å². The summed E-state index contributed by atoms with van der Waals surface area (Å²) in [6.07, 6.45) is -0.0160. The third-order valence-electron chi connectivity index (χ3n) is 2.82. The van der Waals surface area contributed by atoms with Gasteiger partial charge in [0.25, 0.3) is 5.69 Å². The first-order valence-electron chi connectivity index (χ1n) is 5.84. The van der Waals surface area contributed by atoms with Crippen molar-refractivity contribution in [2.45, 2.75) is 38.1 Å². The first-order chi connectivity index (χ1) is 9.19. The van der Waals surface area contributed by atoms with Crippen LogP contribution in [0, 0.1) is 35.3 Å². The number of nitro groups is 1. The lowest BCUT2D eigenvalue weighted by atomic mass is 10.1. The number of hydrogen-bond acceptors (Lipinski definition) is 5. The monoisotopic (exact) mass is 297 g/mol. The minimum Gasteiger partial charge on any atom is -0.258 e. The van der Waals surface area contributed by atoms with Crippen LogP contribution in [0.4, 0.5) is 5.69 Å². The van der Waals surface area contributed by atoms with Gasteiger partial charge < -0.3 is 0 Å². The van der Waals surface area contributed by atoms with E-state index in [9.17, 15) is 18.5 Å². The zero-order valence-corrected chi connectivity index (χ0v) is 12.2. The van der Waals surface area contributed by atoms with Gasteiger partial charge in [-0.25, -0.2) is 13.1 Å². The van der Waals surface area contributed by atoms with E-state index in [1.807, 2.05) is 6.07 Å². The van der Waals surface area contributed by atoms with Crippen LogP contribution >= 0.6 is 0 Å². The average Bonchev–Trinajstić information content (AvgIpc) is 2.31. The molecule has 108 valence electrons. The van der Waals surface area contributed by atoms with E-state index < -0.39 is 26.7 Å². The summed E-state index contributed by atoms with van der Waals surface area (Å²) >= 11 is 0. The molecule has 0 aliphatic carbocycles. The van der Waals surface area contributed by atoms with Crippen LogP contribution < -0.4 is 4.72 Å². The summed E-state index contributed by atoms with van der Waals surface area (Å²) in [6, 6.07) is 3.73. The number of nitriles is 1. The van der Waals surface area contributed by atoms with Gasteiger partial charge in [-0.2, -0.15) is 5.26 Å². The Morgan fingerprint density at radius 2 is 1.95 bits per heavy atom. The van der Waals surface area contributed by atoms with Crippen LogP contribution in [0.25, 0.3) is 0 Å². The summed E-state index contributed by atoms with van der Waals surface area (Å²) in [6.45, 7) is 4.87. The van der Waals surface area contributed by atoms with Gasteiger partial charge in [0.05, 0.1) is 17.4 Å². The molecule has 7 nitrogen and oxygen atoms in total. The molecule has 0 heterocycles. The summed E-state index contributed by atoms with van der Waals surface area (Å²) < 4.78 is 26.6. The molecular weight excluding hydrogens is 282 g/mol.